The molecule has 0 radical (unpaired) electrons. The lowest BCUT2D eigenvalue weighted by Gasteiger charge is -1.88. The Morgan fingerprint density at radius 1 is 1.18 bits per heavy atom. The molecular formula is C10H5F2N3OS. The molecule has 7 heteroatoms. The number of alkyl halides is 2. The highest BCUT2D eigenvalue weighted by Gasteiger charge is 2.18. The molecule has 0 atom stereocenters. The minimum atomic E-state index is -2.61. The fourth-order valence-electron chi connectivity index (χ4n) is 1.46. The molecule has 86 valence electrons. The monoisotopic (exact) mass is 253 g/mol. The molecule has 0 aliphatic carbocycles. The minimum Gasteiger partial charge on any atom is -0.356 e. The fraction of sp³-hybridized carbons (Fsp3) is 0.100. The van der Waals surface area contributed by atoms with Crippen LogP contribution in [0.25, 0.3) is 21.7 Å². The number of halogens is 2. The van der Waals surface area contributed by atoms with Gasteiger partial charge in [0.15, 0.2) is 21.3 Å². The first kappa shape index (κ1) is 10.3. The number of rotatable bonds is 2. The van der Waals surface area contributed by atoms with Gasteiger partial charge in [-0.1, -0.05) is 28.6 Å². The molecule has 0 aliphatic rings. The smallest absolute Gasteiger partial charge is 0.291 e. The molecule has 0 bridgehead atoms. The Bertz CT molecular complexity index is 664. The Balaban J connectivity index is 2.14. The van der Waals surface area contributed by atoms with Crippen LogP contribution in [0.3, 0.4) is 0 Å². The van der Waals surface area contributed by atoms with Gasteiger partial charge < -0.3 is 4.52 Å². The second-order valence-electron chi connectivity index (χ2n) is 3.27. The molecule has 2 heterocycles. The number of nitrogens with zero attached hydrogens (tertiary/aromatic N) is 3. The van der Waals surface area contributed by atoms with Crippen LogP contribution in [0.15, 0.2) is 28.8 Å². The predicted molar refractivity (Wildman–Crippen MR) is 57.9 cm³/mol. The Labute approximate surface area is 97.9 Å². The number of para-hydroxylation sites is 1. The van der Waals surface area contributed by atoms with Crippen molar-refractivity contribution in [3.05, 3.63) is 29.3 Å². The molecule has 0 spiro atoms. The first-order valence-corrected chi connectivity index (χ1v) is 5.53. The van der Waals surface area contributed by atoms with Crippen molar-refractivity contribution in [1.29, 1.82) is 0 Å². The molecule has 1 aromatic carbocycles. The molecule has 0 aliphatic heterocycles. The van der Waals surface area contributed by atoms with E-state index in [1.54, 1.807) is 12.1 Å². The third-order valence-corrected chi connectivity index (χ3v) is 3.14. The highest BCUT2D eigenvalue weighted by Crippen LogP contribution is 2.32. The number of hydrogen-bond acceptors (Lipinski definition) is 5. The first-order chi connectivity index (χ1) is 8.25. The van der Waals surface area contributed by atoms with E-state index < -0.39 is 6.43 Å². The number of benzene rings is 1. The maximum absolute atomic E-state index is 12.4. The molecule has 0 N–H and O–H groups in total. The molecule has 0 unspecified atom stereocenters. The lowest BCUT2D eigenvalue weighted by Crippen LogP contribution is -1.80. The van der Waals surface area contributed by atoms with E-state index in [2.05, 4.69) is 15.4 Å². The van der Waals surface area contributed by atoms with Gasteiger partial charge in [0.2, 0.25) is 0 Å². The van der Waals surface area contributed by atoms with E-state index in [0.717, 1.165) is 16.7 Å². The van der Waals surface area contributed by atoms with Gasteiger partial charge in [-0.15, -0.1) is 10.2 Å². The third kappa shape index (κ3) is 1.68. The average molecular weight is 253 g/mol. The summed E-state index contributed by atoms with van der Waals surface area (Å²) in [5.41, 5.74) is 1.04. The molecule has 0 saturated heterocycles. The third-order valence-electron chi connectivity index (χ3n) is 2.21. The Morgan fingerprint density at radius 3 is 2.76 bits per heavy atom. The Kier molecular flexibility index (Phi) is 2.32. The van der Waals surface area contributed by atoms with Crippen LogP contribution < -0.4 is 0 Å². The summed E-state index contributed by atoms with van der Waals surface area (Å²) < 4.78 is 29.9. The molecule has 3 rings (SSSR count). The van der Waals surface area contributed by atoms with Gasteiger partial charge in [-0.25, -0.2) is 8.78 Å². The minimum absolute atomic E-state index is 0.313. The van der Waals surface area contributed by atoms with Gasteiger partial charge in [0.1, 0.15) is 0 Å². The summed E-state index contributed by atoms with van der Waals surface area (Å²) in [6.45, 7) is 0. The van der Waals surface area contributed by atoms with Crippen molar-refractivity contribution in [2.24, 2.45) is 0 Å². The van der Waals surface area contributed by atoms with E-state index in [1.165, 1.54) is 0 Å². The van der Waals surface area contributed by atoms with Crippen molar-refractivity contribution in [3.8, 4) is 10.7 Å². The lowest BCUT2D eigenvalue weighted by atomic mass is 10.2. The second kappa shape index (κ2) is 3.85. The Hall–Kier alpha value is -1.89. The summed E-state index contributed by atoms with van der Waals surface area (Å²) in [4.78, 5) is 0. The molecule has 0 amide bonds. The summed E-state index contributed by atoms with van der Waals surface area (Å²) in [5.74, 6) is 0. The van der Waals surface area contributed by atoms with Crippen LogP contribution in [0, 0.1) is 0 Å². The summed E-state index contributed by atoms with van der Waals surface area (Å²) >= 11 is 0.819. The van der Waals surface area contributed by atoms with Crippen molar-refractivity contribution < 1.29 is 13.3 Å². The van der Waals surface area contributed by atoms with Gasteiger partial charge in [-0.3, -0.25) is 0 Å². The molecule has 3 aromatic rings. The first-order valence-electron chi connectivity index (χ1n) is 4.72. The summed E-state index contributed by atoms with van der Waals surface area (Å²) in [7, 11) is 0. The van der Waals surface area contributed by atoms with Crippen LogP contribution >= 0.6 is 11.3 Å². The topological polar surface area (TPSA) is 51.8 Å². The van der Waals surface area contributed by atoms with E-state index in [1.807, 2.05) is 12.1 Å². The predicted octanol–water partition coefficient (Wildman–Crippen LogP) is 3.28. The summed E-state index contributed by atoms with van der Waals surface area (Å²) in [5, 5.41) is 11.7. The zero-order valence-electron chi connectivity index (χ0n) is 8.30. The molecule has 0 fully saturated rings. The standard InChI is InChI=1S/C10H5F2N3OS/c11-8(12)10-14-13-9(17-10)7-5-3-1-2-4-6(5)16-15-7/h1-4,8H. The van der Waals surface area contributed by atoms with Gasteiger partial charge in [-0.2, -0.15) is 0 Å². The van der Waals surface area contributed by atoms with E-state index in [0.29, 0.717) is 16.3 Å². The lowest BCUT2D eigenvalue weighted by molar-refractivity contribution is 0.150. The van der Waals surface area contributed by atoms with E-state index in [9.17, 15) is 8.78 Å². The quantitative estimate of drug-likeness (QED) is 0.703. The summed E-state index contributed by atoms with van der Waals surface area (Å²) in [6, 6.07) is 7.17. The van der Waals surface area contributed by atoms with Crippen molar-refractivity contribution in [1.82, 2.24) is 15.4 Å². The molecule has 4 nitrogen and oxygen atoms in total. The Morgan fingerprint density at radius 2 is 2.00 bits per heavy atom. The zero-order valence-corrected chi connectivity index (χ0v) is 9.12. The molecule has 17 heavy (non-hydrogen) atoms. The van der Waals surface area contributed by atoms with Gasteiger partial charge in [0.05, 0.1) is 5.39 Å². The van der Waals surface area contributed by atoms with Crippen molar-refractivity contribution in [3.63, 3.8) is 0 Å². The highest BCUT2D eigenvalue weighted by atomic mass is 32.1. The molecule has 0 saturated carbocycles. The van der Waals surface area contributed by atoms with Gasteiger partial charge >= 0.3 is 0 Å². The van der Waals surface area contributed by atoms with Crippen molar-refractivity contribution >= 4 is 22.3 Å². The summed E-state index contributed by atoms with van der Waals surface area (Å²) in [6.07, 6.45) is -2.61. The van der Waals surface area contributed by atoms with Crippen LogP contribution in [-0.2, 0) is 0 Å². The van der Waals surface area contributed by atoms with E-state index >= 15 is 0 Å². The van der Waals surface area contributed by atoms with Crippen LogP contribution in [-0.4, -0.2) is 15.4 Å². The zero-order chi connectivity index (χ0) is 11.8. The SMILES string of the molecule is FC(F)c1nnc(-c2noc3ccccc23)s1. The number of hydrogen-bond donors (Lipinski definition) is 0. The fourth-order valence-corrected chi connectivity index (χ4v) is 2.15. The number of fused-ring (bicyclic) bond motifs is 1. The highest BCUT2D eigenvalue weighted by molar-refractivity contribution is 7.14. The van der Waals surface area contributed by atoms with Crippen LogP contribution in [0.4, 0.5) is 8.78 Å². The van der Waals surface area contributed by atoms with Crippen molar-refractivity contribution in [2.75, 3.05) is 0 Å². The van der Waals surface area contributed by atoms with Crippen LogP contribution in [0.5, 0.6) is 0 Å². The average Bonchev–Trinajstić information content (AvgIpc) is 2.95. The molecular weight excluding hydrogens is 248 g/mol. The maximum atomic E-state index is 12.4. The second-order valence-corrected chi connectivity index (χ2v) is 4.28. The number of aromatic nitrogens is 3. The van der Waals surface area contributed by atoms with E-state index in [-0.39, 0.29) is 5.01 Å². The largest absolute Gasteiger partial charge is 0.356 e. The maximum Gasteiger partial charge on any atom is 0.291 e. The van der Waals surface area contributed by atoms with E-state index in [4.69, 9.17) is 4.52 Å². The van der Waals surface area contributed by atoms with Crippen LogP contribution in [0.1, 0.15) is 11.4 Å². The van der Waals surface area contributed by atoms with Gasteiger partial charge in [0, 0.05) is 0 Å². The van der Waals surface area contributed by atoms with Crippen LogP contribution in [0.2, 0.25) is 0 Å². The van der Waals surface area contributed by atoms with Gasteiger partial charge in [-0.05, 0) is 12.1 Å². The normalized spacial score (nSPS) is 11.5. The molecule has 2 aromatic heterocycles. The van der Waals surface area contributed by atoms with Crippen molar-refractivity contribution in [2.45, 2.75) is 6.43 Å². The van der Waals surface area contributed by atoms with Gasteiger partial charge in [0.25, 0.3) is 6.43 Å².